The third kappa shape index (κ3) is 9.19. The quantitative estimate of drug-likeness (QED) is 0.354. The van der Waals surface area contributed by atoms with E-state index in [0.29, 0.717) is 5.96 Å². The van der Waals surface area contributed by atoms with Gasteiger partial charge in [-0.1, -0.05) is 30.3 Å². The lowest BCUT2D eigenvalue weighted by atomic mass is 10.1. The van der Waals surface area contributed by atoms with Gasteiger partial charge in [-0.2, -0.15) is 0 Å². The number of ether oxygens (including phenoxy) is 1. The normalized spacial score (nSPS) is 15.3. The van der Waals surface area contributed by atoms with Crippen LogP contribution in [0.4, 0.5) is 0 Å². The summed E-state index contributed by atoms with van der Waals surface area (Å²) >= 11 is 0. The number of nitrogens with zero attached hydrogens (tertiary/aromatic N) is 3. The maximum Gasteiger partial charge on any atom is 0.243 e. The van der Waals surface area contributed by atoms with Gasteiger partial charge < -0.3 is 20.3 Å². The van der Waals surface area contributed by atoms with Crippen molar-refractivity contribution in [3.63, 3.8) is 0 Å². The fourth-order valence-corrected chi connectivity index (χ4v) is 2.94. The number of morpholine rings is 1. The molecule has 1 aromatic rings. The van der Waals surface area contributed by atoms with Crippen LogP contribution < -0.4 is 10.6 Å². The summed E-state index contributed by atoms with van der Waals surface area (Å²) in [4.78, 5) is 20.3. The van der Waals surface area contributed by atoms with E-state index in [-0.39, 0.29) is 12.5 Å². The zero-order chi connectivity index (χ0) is 20.0. The summed E-state index contributed by atoms with van der Waals surface area (Å²) in [6, 6.07) is 10.5. The molecule has 1 saturated heterocycles. The molecule has 2 rings (SSSR count). The number of hydrogen-bond acceptors (Lipinski definition) is 4. The molecule has 0 radical (unpaired) electrons. The first-order chi connectivity index (χ1) is 13.6. The van der Waals surface area contributed by atoms with E-state index < -0.39 is 0 Å². The van der Waals surface area contributed by atoms with E-state index in [1.165, 1.54) is 5.56 Å². The van der Waals surface area contributed by atoms with E-state index in [1.807, 2.05) is 6.07 Å². The van der Waals surface area contributed by atoms with Crippen LogP contribution in [0.15, 0.2) is 35.3 Å². The minimum absolute atomic E-state index is 0.00120. The molecule has 0 aromatic heterocycles. The molecule has 1 aliphatic heterocycles. The smallest absolute Gasteiger partial charge is 0.243 e. The standard InChI is InChI=1S/C21H35N5O2/c1-25(2)20(27)18-24-21(22-11-6-10-19-8-4-3-5-9-19)23-12-7-13-26-14-16-28-17-15-26/h3-5,8-9H,6-7,10-18H2,1-2H3,(H2,22,23,24). The molecule has 0 unspecified atom stereocenters. The van der Waals surface area contributed by atoms with E-state index in [2.05, 4.69) is 44.8 Å². The molecule has 7 heteroatoms. The van der Waals surface area contributed by atoms with Gasteiger partial charge in [-0.05, 0) is 31.4 Å². The summed E-state index contributed by atoms with van der Waals surface area (Å²) < 4.78 is 5.38. The van der Waals surface area contributed by atoms with E-state index in [9.17, 15) is 4.79 Å². The Morgan fingerprint density at radius 3 is 2.46 bits per heavy atom. The molecule has 1 aliphatic rings. The molecule has 1 heterocycles. The summed E-state index contributed by atoms with van der Waals surface area (Å²) in [6.07, 6.45) is 3.07. The third-order valence-corrected chi connectivity index (χ3v) is 4.70. The highest BCUT2D eigenvalue weighted by Gasteiger charge is 2.09. The van der Waals surface area contributed by atoms with Crippen LogP contribution in [0.5, 0.6) is 0 Å². The lowest BCUT2D eigenvalue weighted by Gasteiger charge is -2.26. The molecule has 0 spiro atoms. The topological polar surface area (TPSA) is 69.2 Å². The van der Waals surface area contributed by atoms with Gasteiger partial charge in [0.05, 0.1) is 13.2 Å². The summed E-state index contributed by atoms with van der Waals surface area (Å²) in [6.45, 7) is 6.54. The summed E-state index contributed by atoms with van der Waals surface area (Å²) in [5.41, 5.74) is 1.34. The molecule has 2 N–H and O–H groups in total. The monoisotopic (exact) mass is 389 g/mol. The van der Waals surface area contributed by atoms with Gasteiger partial charge in [-0.25, -0.2) is 4.99 Å². The van der Waals surface area contributed by atoms with Crippen LogP contribution in [0.2, 0.25) is 0 Å². The average Bonchev–Trinajstić information content (AvgIpc) is 2.73. The van der Waals surface area contributed by atoms with Gasteiger partial charge in [0.2, 0.25) is 5.91 Å². The number of amides is 1. The SMILES string of the molecule is CN(C)C(=O)CN=C(NCCCc1ccccc1)NCCCN1CCOCC1. The molecule has 156 valence electrons. The van der Waals surface area contributed by atoms with Crippen LogP contribution in [-0.4, -0.2) is 88.2 Å². The van der Waals surface area contributed by atoms with Crippen molar-refractivity contribution in [2.75, 3.05) is 66.6 Å². The largest absolute Gasteiger partial charge is 0.379 e. The Labute approximate surface area is 169 Å². The average molecular weight is 390 g/mol. The molecule has 7 nitrogen and oxygen atoms in total. The Morgan fingerprint density at radius 2 is 1.79 bits per heavy atom. The molecule has 0 saturated carbocycles. The Balaban J connectivity index is 1.71. The molecule has 28 heavy (non-hydrogen) atoms. The number of aryl methyl sites for hydroxylation is 1. The lowest BCUT2D eigenvalue weighted by molar-refractivity contribution is -0.127. The molecule has 1 amide bonds. The van der Waals surface area contributed by atoms with Crippen LogP contribution >= 0.6 is 0 Å². The van der Waals surface area contributed by atoms with Crippen LogP contribution in [0.1, 0.15) is 18.4 Å². The van der Waals surface area contributed by atoms with Crippen molar-refractivity contribution in [2.24, 2.45) is 4.99 Å². The molecular weight excluding hydrogens is 354 g/mol. The molecular formula is C21H35N5O2. The zero-order valence-electron chi connectivity index (χ0n) is 17.3. The number of hydrogen-bond donors (Lipinski definition) is 2. The van der Waals surface area contributed by atoms with Crippen molar-refractivity contribution < 1.29 is 9.53 Å². The minimum Gasteiger partial charge on any atom is -0.379 e. The highest BCUT2D eigenvalue weighted by molar-refractivity contribution is 5.84. The Kier molecular flexibility index (Phi) is 10.4. The summed E-state index contributed by atoms with van der Waals surface area (Å²) in [5.74, 6) is 0.712. The second-order valence-electron chi connectivity index (χ2n) is 7.20. The van der Waals surface area contributed by atoms with Crippen LogP contribution in [0.3, 0.4) is 0 Å². The number of aliphatic imine (C=N–C) groups is 1. The van der Waals surface area contributed by atoms with Gasteiger partial charge in [0.25, 0.3) is 0 Å². The van der Waals surface area contributed by atoms with E-state index in [0.717, 1.165) is 65.2 Å². The van der Waals surface area contributed by atoms with Gasteiger partial charge in [0.15, 0.2) is 5.96 Å². The van der Waals surface area contributed by atoms with Crippen molar-refractivity contribution >= 4 is 11.9 Å². The highest BCUT2D eigenvalue weighted by atomic mass is 16.5. The molecule has 1 fully saturated rings. The number of benzene rings is 1. The number of nitrogens with one attached hydrogen (secondary N) is 2. The van der Waals surface area contributed by atoms with Crippen molar-refractivity contribution in [3.05, 3.63) is 35.9 Å². The Hall–Kier alpha value is -2.12. The van der Waals surface area contributed by atoms with Crippen molar-refractivity contribution in [1.82, 2.24) is 20.4 Å². The van der Waals surface area contributed by atoms with Crippen molar-refractivity contribution in [3.8, 4) is 0 Å². The lowest BCUT2D eigenvalue weighted by Crippen LogP contribution is -2.41. The molecule has 1 aromatic carbocycles. The first-order valence-electron chi connectivity index (χ1n) is 10.2. The predicted molar refractivity (Wildman–Crippen MR) is 114 cm³/mol. The highest BCUT2D eigenvalue weighted by Crippen LogP contribution is 2.01. The van der Waals surface area contributed by atoms with Gasteiger partial charge >= 0.3 is 0 Å². The van der Waals surface area contributed by atoms with Crippen LogP contribution in [-0.2, 0) is 16.0 Å². The van der Waals surface area contributed by atoms with Crippen molar-refractivity contribution in [1.29, 1.82) is 0 Å². The molecule has 0 aliphatic carbocycles. The third-order valence-electron chi connectivity index (χ3n) is 4.70. The maximum atomic E-state index is 11.8. The number of carbonyl (C=O) groups is 1. The number of carbonyl (C=O) groups excluding carboxylic acids is 1. The fourth-order valence-electron chi connectivity index (χ4n) is 2.94. The first kappa shape index (κ1) is 22.2. The predicted octanol–water partition coefficient (Wildman–Crippen LogP) is 0.965. The van der Waals surface area contributed by atoms with Gasteiger partial charge in [-0.15, -0.1) is 0 Å². The van der Waals surface area contributed by atoms with Gasteiger partial charge in [0.1, 0.15) is 6.54 Å². The van der Waals surface area contributed by atoms with Gasteiger partial charge in [0, 0.05) is 40.3 Å². The Morgan fingerprint density at radius 1 is 1.11 bits per heavy atom. The summed E-state index contributed by atoms with van der Waals surface area (Å²) in [5, 5.41) is 6.72. The minimum atomic E-state index is -0.00120. The van der Waals surface area contributed by atoms with E-state index >= 15 is 0 Å². The Bertz CT molecular complexity index is 586. The van der Waals surface area contributed by atoms with Crippen LogP contribution in [0.25, 0.3) is 0 Å². The number of likely N-dealkylation sites (N-methyl/N-ethyl adjacent to an activating group) is 1. The van der Waals surface area contributed by atoms with Gasteiger partial charge in [-0.3, -0.25) is 9.69 Å². The second-order valence-corrected chi connectivity index (χ2v) is 7.20. The summed E-state index contributed by atoms with van der Waals surface area (Å²) in [7, 11) is 3.50. The van der Waals surface area contributed by atoms with E-state index in [1.54, 1.807) is 19.0 Å². The first-order valence-corrected chi connectivity index (χ1v) is 10.2. The molecule has 0 bridgehead atoms. The number of rotatable bonds is 10. The van der Waals surface area contributed by atoms with Crippen LogP contribution in [0, 0.1) is 0 Å². The van der Waals surface area contributed by atoms with Crippen molar-refractivity contribution in [2.45, 2.75) is 19.3 Å². The zero-order valence-corrected chi connectivity index (χ0v) is 17.3. The number of guanidine groups is 1. The molecule has 0 atom stereocenters. The fraction of sp³-hybridized carbons (Fsp3) is 0.619. The maximum absolute atomic E-state index is 11.8. The van der Waals surface area contributed by atoms with E-state index in [4.69, 9.17) is 4.74 Å². The second kappa shape index (κ2) is 13.1.